The SMILES string of the molecule is CSCCC(N)C(=O)NC(C(=O)NC(C)C(=O)NC(Cc1ccc(O)cc1)C(=O)O)C(C)O. The number of carbonyl (C=O) groups is 4. The molecule has 0 saturated carbocycles. The van der Waals surface area contributed by atoms with Gasteiger partial charge in [-0.05, 0) is 50.0 Å². The minimum Gasteiger partial charge on any atom is -0.508 e. The van der Waals surface area contributed by atoms with Crippen molar-refractivity contribution in [2.45, 2.75) is 57.0 Å². The lowest BCUT2D eigenvalue weighted by Gasteiger charge is -2.25. The number of aliphatic hydroxyl groups excluding tert-OH is 1. The molecule has 0 saturated heterocycles. The number of benzene rings is 1. The number of nitrogens with two attached hydrogens (primary N) is 1. The fourth-order valence-corrected chi connectivity index (χ4v) is 3.26. The van der Waals surface area contributed by atoms with Crippen molar-refractivity contribution in [3.63, 3.8) is 0 Å². The van der Waals surface area contributed by atoms with Crippen LogP contribution >= 0.6 is 11.8 Å². The first kappa shape index (κ1) is 28.2. The van der Waals surface area contributed by atoms with Crippen molar-refractivity contribution in [2.24, 2.45) is 5.73 Å². The normalized spacial score (nSPS) is 15.4. The van der Waals surface area contributed by atoms with E-state index < -0.39 is 54.0 Å². The first-order chi connectivity index (χ1) is 15.5. The number of carboxylic acid groups (broad SMARTS) is 1. The second kappa shape index (κ2) is 13.7. The fourth-order valence-electron chi connectivity index (χ4n) is 2.77. The van der Waals surface area contributed by atoms with Crippen LogP contribution in [-0.4, -0.2) is 81.3 Å². The Morgan fingerprint density at radius 1 is 1.00 bits per heavy atom. The van der Waals surface area contributed by atoms with Crippen molar-refractivity contribution in [3.8, 4) is 5.75 Å². The van der Waals surface area contributed by atoms with Crippen LogP contribution in [0.2, 0.25) is 0 Å². The molecule has 0 spiro atoms. The molecule has 11 nitrogen and oxygen atoms in total. The summed E-state index contributed by atoms with van der Waals surface area (Å²) in [7, 11) is 0. The van der Waals surface area contributed by atoms with Gasteiger partial charge in [-0.25, -0.2) is 4.79 Å². The van der Waals surface area contributed by atoms with Gasteiger partial charge in [-0.15, -0.1) is 0 Å². The molecule has 1 rings (SSSR count). The van der Waals surface area contributed by atoms with E-state index in [-0.39, 0.29) is 12.2 Å². The molecule has 1 aromatic rings. The molecule has 0 bridgehead atoms. The van der Waals surface area contributed by atoms with E-state index in [9.17, 15) is 34.5 Å². The highest BCUT2D eigenvalue weighted by Gasteiger charge is 2.30. The molecule has 8 N–H and O–H groups in total. The summed E-state index contributed by atoms with van der Waals surface area (Å²) in [4.78, 5) is 48.8. The Balaban J connectivity index is 2.74. The highest BCUT2D eigenvalue weighted by molar-refractivity contribution is 7.98. The van der Waals surface area contributed by atoms with E-state index in [1.54, 1.807) is 0 Å². The number of phenols is 1. The van der Waals surface area contributed by atoms with Crippen LogP contribution in [-0.2, 0) is 25.6 Å². The van der Waals surface area contributed by atoms with Crippen LogP contribution < -0.4 is 21.7 Å². The third kappa shape index (κ3) is 9.68. The van der Waals surface area contributed by atoms with Gasteiger partial charge in [0.15, 0.2) is 0 Å². The number of amides is 3. The minimum atomic E-state index is -1.35. The van der Waals surface area contributed by atoms with Crippen molar-refractivity contribution in [1.29, 1.82) is 0 Å². The number of rotatable bonds is 13. The van der Waals surface area contributed by atoms with Crippen molar-refractivity contribution in [3.05, 3.63) is 29.8 Å². The Bertz CT molecular complexity index is 819. The molecule has 33 heavy (non-hydrogen) atoms. The minimum absolute atomic E-state index is 0.0240. The highest BCUT2D eigenvalue weighted by Crippen LogP contribution is 2.11. The Kier molecular flexibility index (Phi) is 11.7. The topological polar surface area (TPSA) is 191 Å². The zero-order valence-corrected chi connectivity index (χ0v) is 19.6. The standard InChI is InChI=1S/C21H32N4O7S/c1-11(18(28)24-16(21(31)32)10-13-4-6-14(27)7-5-13)23-20(30)17(12(2)26)25-19(29)15(22)8-9-33-3/h4-7,11-12,15-17,26-27H,8-10,22H2,1-3H3,(H,23,30)(H,24,28)(H,25,29)(H,31,32). The zero-order valence-electron chi connectivity index (χ0n) is 18.8. The summed E-state index contributed by atoms with van der Waals surface area (Å²) in [6.07, 6.45) is 0.945. The van der Waals surface area contributed by atoms with Gasteiger partial charge in [-0.3, -0.25) is 14.4 Å². The number of hydrogen-bond donors (Lipinski definition) is 7. The van der Waals surface area contributed by atoms with Crippen LogP contribution in [0.3, 0.4) is 0 Å². The van der Waals surface area contributed by atoms with Gasteiger partial charge in [0.25, 0.3) is 0 Å². The van der Waals surface area contributed by atoms with Gasteiger partial charge in [0.1, 0.15) is 23.9 Å². The van der Waals surface area contributed by atoms with Gasteiger partial charge in [-0.2, -0.15) is 11.8 Å². The number of phenolic OH excluding ortho intramolecular Hbond substituents is 1. The third-order valence-electron chi connectivity index (χ3n) is 4.78. The lowest BCUT2D eigenvalue weighted by atomic mass is 10.1. The monoisotopic (exact) mass is 484 g/mol. The molecule has 184 valence electrons. The average molecular weight is 485 g/mol. The summed E-state index contributed by atoms with van der Waals surface area (Å²) >= 11 is 1.51. The van der Waals surface area contributed by atoms with E-state index in [0.717, 1.165) is 0 Å². The lowest BCUT2D eigenvalue weighted by molar-refractivity contribution is -0.142. The molecular formula is C21H32N4O7S. The van der Waals surface area contributed by atoms with E-state index in [2.05, 4.69) is 16.0 Å². The van der Waals surface area contributed by atoms with Gasteiger partial charge < -0.3 is 37.0 Å². The van der Waals surface area contributed by atoms with E-state index in [0.29, 0.717) is 17.7 Å². The average Bonchev–Trinajstić information content (AvgIpc) is 2.75. The van der Waals surface area contributed by atoms with Crippen molar-refractivity contribution in [1.82, 2.24) is 16.0 Å². The number of carboxylic acids is 1. The van der Waals surface area contributed by atoms with E-state index in [1.165, 1.54) is 49.9 Å². The molecule has 0 heterocycles. The second-order valence-electron chi connectivity index (χ2n) is 7.62. The van der Waals surface area contributed by atoms with Crippen molar-refractivity contribution >= 4 is 35.5 Å². The number of aromatic hydroxyl groups is 1. The van der Waals surface area contributed by atoms with Gasteiger partial charge in [0.05, 0.1) is 12.1 Å². The number of hydrogen-bond acceptors (Lipinski definition) is 8. The molecule has 3 amide bonds. The summed E-state index contributed by atoms with van der Waals surface area (Å²) in [6, 6.07) is 1.23. The Hall–Kier alpha value is -2.83. The van der Waals surface area contributed by atoms with Crippen LogP contribution in [0.15, 0.2) is 24.3 Å². The van der Waals surface area contributed by atoms with Gasteiger partial charge in [0.2, 0.25) is 17.7 Å². The van der Waals surface area contributed by atoms with E-state index in [1.807, 2.05) is 6.26 Å². The van der Waals surface area contributed by atoms with Crippen molar-refractivity contribution in [2.75, 3.05) is 12.0 Å². The predicted octanol–water partition coefficient (Wildman–Crippen LogP) is -1.05. The summed E-state index contributed by atoms with van der Waals surface area (Å²) in [6.45, 7) is 2.65. The van der Waals surface area contributed by atoms with Gasteiger partial charge >= 0.3 is 5.97 Å². The molecule has 0 aliphatic rings. The number of nitrogens with one attached hydrogen (secondary N) is 3. The summed E-state index contributed by atoms with van der Waals surface area (Å²) in [5, 5.41) is 35.8. The van der Waals surface area contributed by atoms with Crippen molar-refractivity contribution < 1.29 is 34.5 Å². The summed E-state index contributed by atoms with van der Waals surface area (Å²) in [5.41, 5.74) is 6.36. The number of carbonyl (C=O) groups excluding carboxylic acids is 3. The molecular weight excluding hydrogens is 452 g/mol. The molecule has 5 atom stereocenters. The Morgan fingerprint density at radius 2 is 1.61 bits per heavy atom. The maximum absolute atomic E-state index is 12.6. The first-order valence-electron chi connectivity index (χ1n) is 10.3. The first-order valence-corrected chi connectivity index (χ1v) is 11.7. The van der Waals surface area contributed by atoms with Gasteiger partial charge in [0, 0.05) is 6.42 Å². The number of aliphatic carboxylic acids is 1. The maximum Gasteiger partial charge on any atom is 0.326 e. The maximum atomic E-state index is 12.6. The molecule has 1 aromatic carbocycles. The summed E-state index contributed by atoms with van der Waals surface area (Å²) in [5.74, 6) is -2.79. The molecule has 0 aliphatic heterocycles. The Morgan fingerprint density at radius 3 is 2.12 bits per heavy atom. The van der Waals surface area contributed by atoms with Gasteiger partial charge in [-0.1, -0.05) is 12.1 Å². The molecule has 12 heteroatoms. The van der Waals surface area contributed by atoms with Crippen LogP contribution in [0.5, 0.6) is 5.75 Å². The van der Waals surface area contributed by atoms with Crippen LogP contribution in [0.4, 0.5) is 0 Å². The molecule has 0 fully saturated rings. The lowest BCUT2D eigenvalue weighted by Crippen LogP contribution is -2.59. The quantitative estimate of drug-likeness (QED) is 0.183. The van der Waals surface area contributed by atoms with Crippen LogP contribution in [0, 0.1) is 0 Å². The Labute approximate surface area is 196 Å². The van der Waals surface area contributed by atoms with Crippen LogP contribution in [0.25, 0.3) is 0 Å². The largest absolute Gasteiger partial charge is 0.508 e. The molecule has 0 radical (unpaired) electrons. The van der Waals surface area contributed by atoms with Crippen LogP contribution in [0.1, 0.15) is 25.8 Å². The predicted molar refractivity (Wildman–Crippen MR) is 124 cm³/mol. The number of thioether (sulfide) groups is 1. The molecule has 5 unspecified atom stereocenters. The van der Waals surface area contributed by atoms with E-state index >= 15 is 0 Å². The second-order valence-corrected chi connectivity index (χ2v) is 8.60. The van der Waals surface area contributed by atoms with E-state index in [4.69, 9.17) is 5.73 Å². The number of aliphatic hydroxyl groups is 1. The zero-order chi connectivity index (χ0) is 25.1. The fraction of sp³-hybridized carbons (Fsp3) is 0.524. The summed E-state index contributed by atoms with van der Waals surface area (Å²) < 4.78 is 0. The molecule has 0 aliphatic carbocycles. The smallest absolute Gasteiger partial charge is 0.326 e. The highest BCUT2D eigenvalue weighted by atomic mass is 32.2. The molecule has 0 aromatic heterocycles. The third-order valence-corrected chi connectivity index (χ3v) is 5.42.